The minimum Gasteiger partial charge on any atom is -0.497 e. The maximum absolute atomic E-state index is 5.50. The molecule has 1 unspecified atom stereocenters. The van der Waals surface area contributed by atoms with Gasteiger partial charge in [0.25, 0.3) is 0 Å². The lowest BCUT2D eigenvalue weighted by Gasteiger charge is -2.29. The molecule has 2 nitrogen and oxygen atoms in total. The molecule has 0 bridgehead atoms. The van der Waals surface area contributed by atoms with Crippen molar-refractivity contribution in [3.05, 3.63) is 65.0 Å². The van der Waals surface area contributed by atoms with E-state index < -0.39 is 0 Å². The Hall–Kier alpha value is -2.22. The van der Waals surface area contributed by atoms with Gasteiger partial charge in [0.05, 0.1) is 7.11 Å². The molecule has 4 rings (SSSR count). The van der Waals surface area contributed by atoms with E-state index in [2.05, 4.69) is 60.9 Å². The SMILES string of the molecule is COc1cc2c3c(cccc3c1)CC(n1c(C)ccc1C)C2. The van der Waals surface area contributed by atoms with E-state index in [4.69, 9.17) is 4.74 Å². The number of benzene rings is 2. The summed E-state index contributed by atoms with van der Waals surface area (Å²) in [6, 6.07) is 15.9. The summed E-state index contributed by atoms with van der Waals surface area (Å²) in [6.45, 7) is 4.41. The van der Waals surface area contributed by atoms with Gasteiger partial charge < -0.3 is 9.30 Å². The normalized spacial score (nSPS) is 17.0. The monoisotopic (exact) mass is 291 g/mol. The number of nitrogens with zero attached hydrogens (tertiary/aromatic N) is 1. The number of hydrogen-bond acceptors (Lipinski definition) is 1. The lowest BCUT2D eigenvalue weighted by Crippen LogP contribution is -2.21. The first-order valence-corrected chi connectivity index (χ1v) is 7.90. The summed E-state index contributed by atoms with van der Waals surface area (Å²) in [7, 11) is 1.75. The van der Waals surface area contributed by atoms with E-state index in [1.165, 1.54) is 33.3 Å². The summed E-state index contributed by atoms with van der Waals surface area (Å²) >= 11 is 0. The van der Waals surface area contributed by atoms with Gasteiger partial charge in [-0.15, -0.1) is 0 Å². The Morgan fingerprint density at radius 1 is 0.955 bits per heavy atom. The minimum atomic E-state index is 0.500. The molecular formula is C20H21NO. The Kier molecular flexibility index (Phi) is 3.00. The van der Waals surface area contributed by atoms with Gasteiger partial charge in [-0.05, 0) is 72.9 Å². The van der Waals surface area contributed by atoms with Gasteiger partial charge in [-0.25, -0.2) is 0 Å². The topological polar surface area (TPSA) is 14.2 Å². The largest absolute Gasteiger partial charge is 0.497 e. The molecule has 1 atom stereocenters. The molecule has 22 heavy (non-hydrogen) atoms. The Morgan fingerprint density at radius 3 is 2.41 bits per heavy atom. The average Bonchev–Trinajstić information content (AvgIpc) is 2.86. The fourth-order valence-corrected chi connectivity index (χ4v) is 4.04. The Bertz CT molecular complexity index is 840. The van der Waals surface area contributed by atoms with Crippen molar-refractivity contribution in [2.45, 2.75) is 32.7 Å². The highest BCUT2D eigenvalue weighted by molar-refractivity contribution is 5.91. The predicted molar refractivity (Wildman–Crippen MR) is 90.9 cm³/mol. The molecule has 0 saturated carbocycles. The van der Waals surface area contributed by atoms with Gasteiger partial charge in [0, 0.05) is 17.4 Å². The van der Waals surface area contributed by atoms with Crippen LogP contribution in [0.4, 0.5) is 0 Å². The highest BCUT2D eigenvalue weighted by Crippen LogP contribution is 2.37. The zero-order chi connectivity index (χ0) is 15.3. The van der Waals surface area contributed by atoms with Gasteiger partial charge in [-0.3, -0.25) is 0 Å². The third-order valence-electron chi connectivity index (χ3n) is 4.96. The molecule has 3 aromatic rings. The number of ether oxygens (including phenoxy) is 1. The molecule has 1 aliphatic rings. The molecule has 2 heteroatoms. The molecule has 0 radical (unpaired) electrons. The van der Waals surface area contributed by atoms with Crippen molar-refractivity contribution in [1.82, 2.24) is 4.57 Å². The molecule has 1 aliphatic carbocycles. The van der Waals surface area contributed by atoms with E-state index in [1.807, 2.05) is 0 Å². The van der Waals surface area contributed by atoms with Crippen molar-refractivity contribution < 1.29 is 4.74 Å². The number of hydrogen-bond donors (Lipinski definition) is 0. The minimum absolute atomic E-state index is 0.500. The van der Waals surface area contributed by atoms with Crippen LogP contribution in [0.2, 0.25) is 0 Å². The predicted octanol–water partition coefficient (Wildman–Crippen LogP) is 4.61. The number of methoxy groups -OCH3 is 1. The van der Waals surface area contributed by atoms with E-state index in [9.17, 15) is 0 Å². The molecule has 0 N–H and O–H groups in total. The second-order valence-corrected chi connectivity index (χ2v) is 6.35. The van der Waals surface area contributed by atoms with Crippen molar-refractivity contribution in [1.29, 1.82) is 0 Å². The second-order valence-electron chi connectivity index (χ2n) is 6.35. The third kappa shape index (κ3) is 1.94. The van der Waals surface area contributed by atoms with Crippen molar-refractivity contribution in [3.63, 3.8) is 0 Å². The van der Waals surface area contributed by atoms with Gasteiger partial charge in [0.15, 0.2) is 0 Å². The van der Waals surface area contributed by atoms with Gasteiger partial charge in [0.2, 0.25) is 0 Å². The molecule has 2 aromatic carbocycles. The standard InChI is InChI=1S/C20H21NO/c1-13-7-8-14(2)21(13)18-9-15-5-4-6-16-11-19(22-3)12-17(10-18)20(15)16/h4-8,11-12,18H,9-10H2,1-3H3. The smallest absolute Gasteiger partial charge is 0.119 e. The zero-order valence-electron chi connectivity index (χ0n) is 13.4. The van der Waals surface area contributed by atoms with Gasteiger partial charge in [-0.2, -0.15) is 0 Å². The summed E-state index contributed by atoms with van der Waals surface area (Å²) in [5.74, 6) is 0.959. The van der Waals surface area contributed by atoms with E-state index in [-0.39, 0.29) is 0 Å². The van der Waals surface area contributed by atoms with Gasteiger partial charge in [0.1, 0.15) is 5.75 Å². The highest BCUT2D eigenvalue weighted by Gasteiger charge is 2.24. The first-order valence-electron chi connectivity index (χ1n) is 7.90. The van der Waals surface area contributed by atoms with E-state index in [1.54, 1.807) is 7.11 Å². The van der Waals surface area contributed by atoms with E-state index in [0.717, 1.165) is 18.6 Å². The van der Waals surface area contributed by atoms with Crippen molar-refractivity contribution in [2.75, 3.05) is 7.11 Å². The summed E-state index contributed by atoms with van der Waals surface area (Å²) in [4.78, 5) is 0. The Labute approximate surface area is 131 Å². The van der Waals surface area contributed by atoms with Crippen LogP contribution in [0.5, 0.6) is 5.75 Å². The number of aryl methyl sites for hydroxylation is 2. The maximum Gasteiger partial charge on any atom is 0.119 e. The average molecular weight is 291 g/mol. The fourth-order valence-electron chi connectivity index (χ4n) is 4.04. The molecule has 0 fully saturated rings. The van der Waals surface area contributed by atoms with Crippen LogP contribution in [0.15, 0.2) is 42.5 Å². The van der Waals surface area contributed by atoms with Crippen molar-refractivity contribution >= 4 is 10.8 Å². The molecule has 1 aromatic heterocycles. The number of rotatable bonds is 2. The van der Waals surface area contributed by atoms with Crippen LogP contribution in [-0.2, 0) is 12.8 Å². The summed E-state index contributed by atoms with van der Waals surface area (Å²) < 4.78 is 7.98. The van der Waals surface area contributed by atoms with Crippen molar-refractivity contribution in [3.8, 4) is 5.75 Å². The van der Waals surface area contributed by atoms with Gasteiger partial charge >= 0.3 is 0 Å². The van der Waals surface area contributed by atoms with Crippen LogP contribution < -0.4 is 4.74 Å². The molecule has 0 spiro atoms. The summed E-state index contributed by atoms with van der Waals surface area (Å²) in [5.41, 5.74) is 5.56. The second kappa shape index (κ2) is 4.91. The molecule has 0 amide bonds. The molecule has 1 heterocycles. The maximum atomic E-state index is 5.50. The lowest BCUT2D eigenvalue weighted by atomic mass is 9.85. The lowest BCUT2D eigenvalue weighted by molar-refractivity contribution is 0.413. The van der Waals surface area contributed by atoms with Crippen LogP contribution in [0.1, 0.15) is 28.6 Å². The third-order valence-corrected chi connectivity index (χ3v) is 4.96. The fraction of sp³-hybridized carbons (Fsp3) is 0.300. The zero-order valence-corrected chi connectivity index (χ0v) is 13.4. The van der Waals surface area contributed by atoms with Gasteiger partial charge in [-0.1, -0.05) is 18.2 Å². The van der Waals surface area contributed by atoms with Crippen molar-refractivity contribution in [2.24, 2.45) is 0 Å². The molecular weight excluding hydrogens is 270 g/mol. The summed E-state index contributed by atoms with van der Waals surface area (Å²) in [5, 5.41) is 2.73. The van der Waals surface area contributed by atoms with Crippen LogP contribution >= 0.6 is 0 Å². The van der Waals surface area contributed by atoms with Crippen LogP contribution in [0, 0.1) is 13.8 Å². The first kappa shape index (κ1) is 13.4. The van der Waals surface area contributed by atoms with E-state index >= 15 is 0 Å². The molecule has 0 aliphatic heterocycles. The summed E-state index contributed by atoms with van der Waals surface area (Å²) in [6.07, 6.45) is 2.17. The molecule has 112 valence electrons. The first-order chi connectivity index (χ1) is 10.7. The van der Waals surface area contributed by atoms with Crippen LogP contribution in [-0.4, -0.2) is 11.7 Å². The quantitative estimate of drug-likeness (QED) is 0.672. The Balaban J connectivity index is 1.88. The molecule has 0 saturated heterocycles. The van der Waals surface area contributed by atoms with E-state index in [0.29, 0.717) is 6.04 Å². The van der Waals surface area contributed by atoms with Crippen LogP contribution in [0.25, 0.3) is 10.8 Å². The Morgan fingerprint density at radius 2 is 1.68 bits per heavy atom. The van der Waals surface area contributed by atoms with Crippen LogP contribution in [0.3, 0.4) is 0 Å². The highest BCUT2D eigenvalue weighted by atomic mass is 16.5. The number of aromatic nitrogens is 1.